The molecule has 0 spiro atoms. The number of nitrogens with one attached hydrogen (secondary N) is 1. The summed E-state index contributed by atoms with van der Waals surface area (Å²) in [6.45, 7) is 1.27. The smallest absolute Gasteiger partial charge is 0.251 e. The van der Waals surface area contributed by atoms with Gasteiger partial charge in [-0.25, -0.2) is 8.42 Å². The molecule has 0 bridgehead atoms. The van der Waals surface area contributed by atoms with Gasteiger partial charge in [0.25, 0.3) is 5.91 Å². The van der Waals surface area contributed by atoms with Gasteiger partial charge in [-0.3, -0.25) is 4.79 Å². The van der Waals surface area contributed by atoms with Gasteiger partial charge in [-0.15, -0.1) is 0 Å². The van der Waals surface area contributed by atoms with E-state index >= 15 is 0 Å². The Kier molecular flexibility index (Phi) is 6.57. The maximum absolute atomic E-state index is 12.7. The van der Waals surface area contributed by atoms with E-state index in [9.17, 15) is 13.2 Å². The first-order valence-electron chi connectivity index (χ1n) is 10.5. The van der Waals surface area contributed by atoms with Crippen molar-refractivity contribution in [2.24, 2.45) is 0 Å². The number of sulfonamides is 1. The van der Waals surface area contributed by atoms with Gasteiger partial charge in [-0.05, 0) is 61.4 Å². The second-order valence-corrected chi connectivity index (χ2v) is 9.52. The highest BCUT2D eigenvalue weighted by Gasteiger charge is 2.26. The zero-order chi connectivity index (χ0) is 22.6. The number of piperidine rings is 1. The Morgan fingerprint density at radius 3 is 2.41 bits per heavy atom. The Labute approximate surface area is 187 Å². The van der Waals surface area contributed by atoms with E-state index in [1.165, 1.54) is 28.6 Å². The normalized spacial score (nSPS) is 14.8. The average molecular weight is 456 g/mol. The molecular weight excluding hydrogens is 430 g/mol. The van der Waals surface area contributed by atoms with Gasteiger partial charge < -0.3 is 14.6 Å². The highest BCUT2D eigenvalue weighted by molar-refractivity contribution is 7.89. The van der Waals surface area contributed by atoms with Gasteiger partial charge in [-0.2, -0.15) is 4.31 Å². The van der Waals surface area contributed by atoms with Crippen LogP contribution in [0.15, 0.2) is 64.0 Å². The molecule has 2 heterocycles. The molecule has 0 radical (unpaired) electrons. The van der Waals surface area contributed by atoms with E-state index in [0.29, 0.717) is 30.1 Å². The predicted molar refractivity (Wildman–Crippen MR) is 119 cm³/mol. The summed E-state index contributed by atoms with van der Waals surface area (Å²) in [6, 6.07) is 15.2. The minimum atomic E-state index is -3.52. The molecule has 0 unspecified atom stereocenters. The van der Waals surface area contributed by atoms with Crippen molar-refractivity contribution in [1.82, 2.24) is 14.8 Å². The predicted octanol–water partition coefficient (Wildman–Crippen LogP) is 3.45. The fraction of sp³-hybridized carbons (Fsp3) is 0.304. The quantitative estimate of drug-likeness (QED) is 0.585. The molecule has 8 nitrogen and oxygen atoms in total. The molecule has 9 heteroatoms. The van der Waals surface area contributed by atoms with Gasteiger partial charge in [-0.1, -0.05) is 11.6 Å². The van der Waals surface area contributed by atoms with Crippen LogP contribution < -0.4 is 10.1 Å². The number of rotatable bonds is 7. The molecule has 0 saturated carbocycles. The number of amides is 1. The summed E-state index contributed by atoms with van der Waals surface area (Å²) in [5.41, 5.74) is 1.80. The van der Waals surface area contributed by atoms with Crippen LogP contribution in [0.3, 0.4) is 0 Å². The lowest BCUT2D eigenvalue weighted by atomic mass is 10.1. The molecule has 2 aromatic carbocycles. The average Bonchev–Trinajstić information content (AvgIpc) is 3.32. The first-order valence-corrected chi connectivity index (χ1v) is 11.9. The van der Waals surface area contributed by atoms with E-state index in [2.05, 4.69) is 10.5 Å². The van der Waals surface area contributed by atoms with Crippen molar-refractivity contribution >= 4 is 15.9 Å². The molecule has 1 N–H and O–H groups in total. The van der Waals surface area contributed by atoms with Crippen LogP contribution in [-0.2, 0) is 16.6 Å². The molecule has 3 aromatic rings. The maximum atomic E-state index is 12.7. The maximum Gasteiger partial charge on any atom is 0.251 e. The number of methoxy groups -OCH3 is 1. The van der Waals surface area contributed by atoms with Gasteiger partial charge in [0.05, 0.1) is 18.6 Å². The second-order valence-electron chi connectivity index (χ2n) is 7.58. The van der Waals surface area contributed by atoms with Crippen LogP contribution in [0.5, 0.6) is 5.75 Å². The van der Waals surface area contributed by atoms with Crippen molar-refractivity contribution in [1.29, 1.82) is 0 Å². The number of ether oxygens (including phenoxy) is 1. The largest absolute Gasteiger partial charge is 0.497 e. The summed E-state index contributed by atoms with van der Waals surface area (Å²) in [5, 5.41) is 6.77. The molecule has 1 aliphatic heterocycles. The van der Waals surface area contributed by atoms with Crippen LogP contribution in [0, 0.1) is 0 Å². The summed E-state index contributed by atoms with van der Waals surface area (Å²) in [7, 11) is -1.91. The van der Waals surface area contributed by atoms with Gasteiger partial charge in [0.15, 0.2) is 5.76 Å². The van der Waals surface area contributed by atoms with E-state index < -0.39 is 10.0 Å². The van der Waals surface area contributed by atoms with Crippen LogP contribution in [0.25, 0.3) is 11.3 Å². The third-order valence-corrected chi connectivity index (χ3v) is 7.35. The summed E-state index contributed by atoms with van der Waals surface area (Å²) in [4.78, 5) is 12.7. The van der Waals surface area contributed by atoms with E-state index in [0.717, 1.165) is 30.6 Å². The van der Waals surface area contributed by atoms with Crippen LogP contribution in [0.1, 0.15) is 35.3 Å². The van der Waals surface area contributed by atoms with E-state index in [1.807, 2.05) is 24.3 Å². The SMILES string of the molecule is COc1ccc(-c2cc(CNC(=O)c3ccc(S(=O)(=O)N4CCCCC4)cc3)no2)cc1. The fourth-order valence-electron chi connectivity index (χ4n) is 3.59. The first-order chi connectivity index (χ1) is 15.5. The zero-order valence-electron chi connectivity index (χ0n) is 17.8. The number of nitrogens with zero attached hydrogens (tertiary/aromatic N) is 2. The minimum absolute atomic E-state index is 0.187. The van der Waals surface area contributed by atoms with Crippen molar-refractivity contribution in [3.05, 3.63) is 65.9 Å². The van der Waals surface area contributed by atoms with E-state index in [1.54, 1.807) is 13.2 Å². The molecule has 1 aromatic heterocycles. The Bertz CT molecular complexity index is 1170. The molecule has 1 aliphatic rings. The monoisotopic (exact) mass is 455 g/mol. The lowest BCUT2D eigenvalue weighted by Crippen LogP contribution is -2.35. The summed E-state index contributed by atoms with van der Waals surface area (Å²) < 4.78 is 37.5. The Hall–Kier alpha value is -3.17. The van der Waals surface area contributed by atoms with Crippen molar-refractivity contribution < 1.29 is 22.5 Å². The molecule has 1 fully saturated rings. The number of carbonyl (C=O) groups excluding carboxylic acids is 1. The zero-order valence-corrected chi connectivity index (χ0v) is 18.6. The van der Waals surface area contributed by atoms with Crippen molar-refractivity contribution in [2.75, 3.05) is 20.2 Å². The van der Waals surface area contributed by atoms with E-state index in [4.69, 9.17) is 9.26 Å². The molecule has 0 aliphatic carbocycles. The topological polar surface area (TPSA) is 102 Å². The fourth-order valence-corrected chi connectivity index (χ4v) is 5.11. The number of benzene rings is 2. The van der Waals surface area contributed by atoms with Gasteiger partial charge >= 0.3 is 0 Å². The van der Waals surface area contributed by atoms with Gasteiger partial charge in [0.2, 0.25) is 10.0 Å². The lowest BCUT2D eigenvalue weighted by molar-refractivity contribution is 0.0950. The Morgan fingerprint density at radius 2 is 1.75 bits per heavy atom. The molecule has 1 amide bonds. The Morgan fingerprint density at radius 1 is 1.06 bits per heavy atom. The number of hydrogen-bond acceptors (Lipinski definition) is 6. The summed E-state index contributed by atoms with van der Waals surface area (Å²) in [6.07, 6.45) is 2.81. The van der Waals surface area contributed by atoms with Gasteiger partial charge in [0.1, 0.15) is 11.4 Å². The molecule has 4 rings (SSSR count). The van der Waals surface area contributed by atoms with Crippen LogP contribution in [-0.4, -0.2) is 44.0 Å². The highest BCUT2D eigenvalue weighted by Crippen LogP contribution is 2.23. The van der Waals surface area contributed by atoms with Crippen LogP contribution >= 0.6 is 0 Å². The number of hydrogen-bond donors (Lipinski definition) is 1. The van der Waals surface area contributed by atoms with Gasteiger partial charge in [0, 0.05) is 30.3 Å². The lowest BCUT2D eigenvalue weighted by Gasteiger charge is -2.25. The summed E-state index contributed by atoms with van der Waals surface area (Å²) in [5.74, 6) is 1.01. The van der Waals surface area contributed by atoms with Crippen molar-refractivity contribution in [3.63, 3.8) is 0 Å². The molecule has 32 heavy (non-hydrogen) atoms. The second kappa shape index (κ2) is 9.54. The van der Waals surface area contributed by atoms with Crippen molar-refractivity contribution in [2.45, 2.75) is 30.7 Å². The molecular formula is C23H25N3O5S. The third-order valence-electron chi connectivity index (χ3n) is 5.43. The standard InChI is InChI=1S/C23H25N3O5S/c1-30-20-9-5-17(6-10-20)22-15-19(25-31-22)16-24-23(27)18-7-11-21(12-8-18)32(28,29)26-13-3-2-4-14-26/h5-12,15H,2-4,13-14,16H2,1H3,(H,24,27). The molecule has 0 atom stereocenters. The number of carbonyl (C=O) groups is 1. The van der Waals surface area contributed by atoms with Crippen LogP contribution in [0.2, 0.25) is 0 Å². The van der Waals surface area contributed by atoms with Crippen molar-refractivity contribution in [3.8, 4) is 17.1 Å². The minimum Gasteiger partial charge on any atom is -0.497 e. The number of aromatic nitrogens is 1. The molecule has 1 saturated heterocycles. The summed E-state index contributed by atoms with van der Waals surface area (Å²) >= 11 is 0. The Balaban J connectivity index is 1.36. The van der Waals surface area contributed by atoms with E-state index in [-0.39, 0.29) is 17.3 Å². The third kappa shape index (κ3) is 4.84. The molecule has 168 valence electrons. The highest BCUT2D eigenvalue weighted by atomic mass is 32.2. The first kappa shape index (κ1) is 22.0. The van der Waals surface area contributed by atoms with Crippen LogP contribution in [0.4, 0.5) is 0 Å².